The molecule has 9 heteroatoms. The van der Waals surface area contributed by atoms with Gasteiger partial charge in [-0.05, 0) is 28.5 Å². The number of hydrogen-bond acceptors (Lipinski definition) is 7. The molecule has 1 aliphatic rings. The van der Waals surface area contributed by atoms with Crippen LogP contribution >= 0.6 is 0 Å². The van der Waals surface area contributed by atoms with Crippen molar-refractivity contribution >= 4 is 17.8 Å². The Bertz CT molecular complexity index is 1070. The van der Waals surface area contributed by atoms with Gasteiger partial charge in [-0.15, -0.1) is 0 Å². The van der Waals surface area contributed by atoms with E-state index in [-0.39, 0.29) is 40.4 Å². The average molecular weight is 441 g/mol. The molecule has 2 aromatic rings. The number of hydrazone groups is 1. The third-order valence-corrected chi connectivity index (χ3v) is 5.06. The van der Waals surface area contributed by atoms with Crippen molar-refractivity contribution in [1.29, 1.82) is 0 Å². The summed E-state index contributed by atoms with van der Waals surface area (Å²) in [6.07, 6.45) is 1.45. The molecular formula is C23H27N3O6. The van der Waals surface area contributed by atoms with E-state index in [1.807, 2.05) is 53.7 Å². The van der Waals surface area contributed by atoms with Gasteiger partial charge in [0, 0.05) is 17.2 Å². The van der Waals surface area contributed by atoms with Crippen molar-refractivity contribution in [3.8, 4) is 17.2 Å². The first-order valence-electron chi connectivity index (χ1n) is 10.1. The van der Waals surface area contributed by atoms with Gasteiger partial charge in [0.05, 0.1) is 17.2 Å². The second-order valence-corrected chi connectivity index (χ2v) is 9.64. The highest BCUT2D eigenvalue weighted by molar-refractivity contribution is 5.99. The van der Waals surface area contributed by atoms with Gasteiger partial charge in [-0.3, -0.25) is 14.9 Å². The maximum absolute atomic E-state index is 12.6. The summed E-state index contributed by atoms with van der Waals surface area (Å²) < 4.78 is 10.4. The van der Waals surface area contributed by atoms with Crippen LogP contribution in [0.15, 0.2) is 29.4 Å². The third kappa shape index (κ3) is 4.66. The molecule has 9 nitrogen and oxygen atoms in total. The van der Waals surface area contributed by atoms with Crippen molar-refractivity contribution in [3.63, 3.8) is 0 Å². The summed E-state index contributed by atoms with van der Waals surface area (Å²) in [4.78, 5) is 23.3. The number of aromatic hydroxyl groups is 1. The molecule has 32 heavy (non-hydrogen) atoms. The number of phenolic OH excluding ortho intramolecular Hbond substituents is 1. The molecule has 0 atom stereocenters. The lowest BCUT2D eigenvalue weighted by molar-refractivity contribution is -0.385. The Morgan fingerprint density at radius 3 is 2.09 bits per heavy atom. The molecule has 0 radical (unpaired) electrons. The number of nitro benzene ring substituents is 1. The van der Waals surface area contributed by atoms with Crippen LogP contribution in [0.5, 0.6) is 17.2 Å². The van der Waals surface area contributed by atoms with Crippen LogP contribution in [-0.2, 0) is 10.8 Å². The fourth-order valence-electron chi connectivity index (χ4n) is 3.36. The van der Waals surface area contributed by atoms with Crippen LogP contribution in [0.3, 0.4) is 0 Å². The molecule has 1 aliphatic heterocycles. The lowest BCUT2D eigenvalue weighted by Gasteiger charge is -2.27. The molecule has 3 rings (SSSR count). The molecule has 170 valence electrons. The molecule has 0 spiro atoms. The summed E-state index contributed by atoms with van der Waals surface area (Å²) in [6, 6.07) is 6.04. The quantitative estimate of drug-likeness (QED) is 0.412. The van der Waals surface area contributed by atoms with Gasteiger partial charge in [0.1, 0.15) is 11.3 Å². The molecule has 0 aromatic heterocycles. The van der Waals surface area contributed by atoms with E-state index in [0.717, 1.165) is 17.2 Å². The Balaban J connectivity index is 1.91. The van der Waals surface area contributed by atoms with Gasteiger partial charge in [-0.2, -0.15) is 5.10 Å². The normalized spacial score (nSPS) is 13.4. The Morgan fingerprint density at radius 1 is 1.06 bits per heavy atom. The summed E-state index contributed by atoms with van der Waals surface area (Å²) >= 11 is 0. The van der Waals surface area contributed by atoms with E-state index < -0.39 is 16.5 Å². The van der Waals surface area contributed by atoms with Gasteiger partial charge in [0.15, 0.2) is 11.5 Å². The second kappa shape index (κ2) is 8.14. The van der Waals surface area contributed by atoms with Crippen LogP contribution in [0.25, 0.3) is 0 Å². The molecule has 0 saturated carbocycles. The smallest absolute Gasteiger partial charge is 0.286 e. The van der Waals surface area contributed by atoms with E-state index in [1.54, 1.807) is 0 Å². The van der Waals surface area contributed by atoms with E-state index in [1.165, 1.54) is 12.3 Å². The first-order chi connectivity index (χ1) is 14.8. The third-order valence-electron chi connectivity index (χ3n) is 5.06. The van der Waals surface area contributed by atoms with E-state index >= 15 is 0 Å². The number of hydrogen-bond donors (Lipinski definition) is 2. The van der Waals surface area contributed by atoms with Crippen LogP contribution in [0, 0.1) is 10.1 Å². The molecule has 0 saturated heterocycles. The van der Waals surface area contributed by atoms with Crippen molar-refractivity contribution in [2.24, 2.45) is 5.10 Å². The molecule has 0 unspecified atom stereocenters. The zero-order valence-electron chi connectivity index (χ0n) is 19.0. The second-order valence-electron chi connectivity index (χ2n) is 9.64. The van der Waals surface area contributed by atoms with Crippen LogP contribution < -0.4 is 14.9 Å². The Kier molecular flexibility index (Phi) is 5.86. The highest BCUT2D eigenvalue weighted by atomic mass is 16.7. The predicted octanol–water partition coefficient (Wildman–Crippen LogP) is 4.39. The summed E-state index contributed by atoms with van der Waals surface area (Å²) in [7, 11) is 0. The van der Waals surface area contributed by atoms with Gasteiger partial charge in [0.25, 0.3) is 11.6 Å². The number of rotatable bonds is 4. The lowest BCUT2D eigenvalue weighted by atomic mass is 9.78. The van der Waals surface area contributed by atoms with Gasteiger partial charge in [0.2, 0.25) is 6.79 Å². The summed E-state index contributed by atoms with van der Waals surface area (Å²) in [5, 5.41) is 26.2. The number of nitrogens with one attached hydrogen (secondary N) is 1. The van der Waals surface area contributed by atoms with Crippen molar-refractivity contribution in [2.45, 2.75) is 52.4 Å². The number of amides is 1. The number of fused-ring (bicyclic) bond motifs is 1. The zero-order valence-corrected chi connectivity index (χ0v) is 19.0. The molecule has 1 amide bonds. The molecule has 0 fully saturated rings. The number of nitro groups is 1. The first kappa shape index (κ1) is 23.1. The fourth-order valence-corrected chi connectivity index (χ4v) is 3.36. The maximum Gasteiger partial charge on any atom is 0.286 e. The summed E-state index contributed by atoms with van der Waals surface area (Å²) in [5.74, 6) is -0.0440. The highest BCUT2D eigenvalue weighted by Crippen LogP contribution is 2.40. The molecule has 0 aliphatic carbocycles. The monoisotopic (exact) mass is 441 g/mol. The molecule has 2 aromatic carbocycles. The van der Waals surface area contributed by atoms with Gasteiger partial charge in [-0.1, -0.05) is 41.5 Å². The standard InChI is InChI=1S/C23H27N3O6/c1-22(2,3)15-7-13(8-16(20(15)27)23(4,5)6)11-24-25-21(28)14-9-18-19(32-12-31-18)10-17(14)26(29)30/h7-11,27H,12H2,1-6H3,(H,25,28)/b24-11+. The van der Waals surface area contributed by atoms with E-state index in [0.29, 0.717) is 5.56 Å². The zero-order chi connectivity index (χ0) is 23.8. The molecule has 1 heterocycles. The van der Waals surface area contributed by atoms with Gasteiger partial charge >= 0.3 is 0 Å². The number of benzene rings is 2. The van der Waals surface area contributed by atoms with E-state index in [9.17, 15) is 20.0 Å². The molecular weight excluding hydrogens is 414 g/mol. The average Bonchev–Trinajstić information content (AvgIpc) is 3.13. The SMILES string of the molecule is CC(C)(C)c1cc(/C=N/NC(=O)c2cc3c(cc2[N+](=O)[O-])OCO3)cc(C(C)(C)C)c1O. The Hall–Kier alpha value is -3.62. The Labute approximate surface area is 186 Å². The number of carbonyl (C=O) groups is 1. The van der Waals surface area contributed by atoms with Crippen molar-refractivity contribution in [3.05, 3.63) is 56.6 Å². The van der Waals surface area contributed by atoms with E-state index in [2.05, 4.69) is 10.5 Å². The maximum atomic E-state index is 12.6. The van der Waals surface area contributed by atoms with Gasteiger partial charge < -0.3 is 14.6 Å². The number of nitrogens with zero attached hydrogens (tertiary/aromatic N) is 2. The van der Waals surface area contributed by atoms with Crippen molar-refractivity contribution in [2.75, 3.05) is 6.79 Å². The Morgan fingerprint density at radius 2 is 1.59 bits per heavy atom. The lowest BCUT2D eigenvalue weighted by Crippen LogP contribution is -2.20. The first-order valence-corrected chi connectivity index (χ1v) is 10.1. The minimum Gasteiger partial charge on any atom is -0.507 e. The van der Waals surface area contributed by atoms with Gasteiger partial charge in [-0.25, -0.2) is 5.43 Å². The largest absolute Gasteiger partial charge is 0.507 e. The predicted molar refractivity (Wildman–Crippen MR) is 120 cm³/mol. The topological polar surface area (TPSA) is 123 Å². The number of carbonyl (C=O) groups excluding carboxylic acids is 1. The summed E-state index contributed by atoms with van der Waals surface area (Å²) in [6.45, 7) is 11.9. The van der Waals surface area contributed by atoms with Crippen molar-refractivity contribution in [1.82, 2.24) is 5.43 Å². The summed E-state index contributed by atoms with van der Waals surface area (Å²) in [5.41, 5.74) is 3.30. The van der Waals surface area contributed by atoms with Crippen LogP contribution in [-0.4, -0.2) is 28.9 Å². The van der Waals surface area contributed by atoms with Crippen molar-refractivity contribution < 1.29 is 24.3 Å². The minimum absolute atomic E-state index is 0.0667. The van der Waals surface area contributed by atoms with Crippen LogP contribution in [0.2, 0.25) is 0 Å². The number of phenols is 1. The molecule has 0 bridgehead atoms. The fraction of sp³-hybridized carbons (Fsp3) is 0.391. The minimum atomic E-state index is -0.753. The number of ether oxygens (including phenoxy) is 2. The highest BCUT2D eigenvalue weighted by Gasteiger charge is 2.28. The van der Waals surface area contributed by atoms with Crippen LogP contribution in [0.1, 0.15) is 68.6 Å². The van der Waals surface area contributed by atoms with E-state index in [4.69, 9.17) is 9.47 Å². The molecule has 2 N–H and O–H groups in total. The van der Waals surface area contributed by atoms with Crippen LogP contribution in [0.4, 0.5) is 5.69 Å².